The summed E-state index contributed by atoms with van der Waals surface area (Å²) in [5.41, 5.74) is 3.28. The molecule has 3 aliphatic rings. The number of piperidine rings is 1. The molecule has 0 aromatic heterocycles. The summed E-state index contributed by atoms with van der Waals surface area (Å²) < 4.78 is 0. The zero-order chi connectivity index (χ0) is 25.0. The number of carbonyl (C=O) groups is 2. The zero-order valence-electron chi connectivity index (χ0n) is 20.9. The van der Waals surface area contributed by atoms with Gasteiger partial charge >= 0.3 is 0 Å². The molecular weight excluding hydrogens is 450 g/mol. The number of rotatable bonds is 6. The van der Waals surface area contributed by atoms with Crippen LogP contribution in [0.15, 0.2) is 60.7 Å². The summed E-state index contributed by atoms with van der Waals surface area (Å²) in [6, 6.07) is 20.5. The topological polar surface area (TPSA) is 72.9 Å². The second-order valence-corrected chi connectivity index (χ2v) is 10.7. The van der Waals surface area contributed by atoms with E-state index in [1.165, 1.54) is 16.3 Å². The minimum absolute atomic E-state index is 0.0321. The van der Waals surface area contributed by atoms with Gasteiger partial charge in [0.1, 0.15) is 5.78 Å². The molecule has 186 valence electrons. The quantitative estimate of drug-likeness (QED) is 0.557. The minimum atomic E-state index is -0.833. The number of nitrogens with one attached hydrogen (secondary N) is 1. The number of ketones is 1. The Morgan fingerprint density at radius 2 is 1.72 bits per heavy atom. The number of amides is 1. The van der Waals surface area contributed by atoms with Crippen LogP contribution in [0, 0.1) is 0 Å². The molecule has 1 aliphatic carbocycles. The highest BCUT2D eigenvalue weighted by molar-refractivity contribution is 6.10. The van der Waals surface area contributed by atoms with Crippen LogP contribution >= 0.6 is 0 Å². The Labute approximate surface area is 211 Å². The molecule has 3 atom stereocenters. The number of hydrogen-bond donors (Lipinski definition) is 2. The number of fused-ring (bicyclic) bond motifs is 1. The molecule has 1 unspecified atom stereocenters. The van der Waals surface area contributed by atoms with Gasteiger partial charge in [0.25, 0.3) is 0 Å². The molecule has 36 heavy (non-hydrogen) atoms. The molecular formula is C30H33N3O3. The molecule has 1 fully saturated rings. The number of aliphatic hydroxyl groups is 1. The summed E-state index contributed by atoms with van der Waals surface area (Å²) in [7, 11) is 1.75. The number of benzene rings is 3. The first-order chi connectivity index (χ1) is 17.4. The highest BCUT2D eigenvalue weighted by Crippen LogP contribution is 2.49. The van der Waals surface area contributed by atoms with Crippen molar-refractivity contribution in [3.63, 3.8) is 0 Å². The summed E-state index contributed by atoms with van der Waals surface area (Å²) in [6.45, 7) is 3.79. The Hall–Kier alpha value is -3.06. The van der Waals surface area contributed by atoms with Gasteiger partial charge in [-0.2, -0.15) is 0 Å². The molecule has 2 N–H and O–H groups in total. The molecule has 3 aromatic rings. The van der Waals surface area contributed by atoms with Gasteiger partial charge in [-0.05, 0) is 60.3 Å². The third-order valence-corrected chi connectivity index (χ3v) is 8.54. The number of nitrogens with zero attached hydrogens (tertiary/aromatic N) is 2. The molecule has 2 heterocycles. The second kappa shape index (κ2) is 8.80. The van der Waals surface area contributed by atoms with Crippen LogP contribution in [0.2, 0.25) is 0 Å². The predicted octanol–water partition coefficient (Wildman–Crippen LogP) is 3.88. The summed E-state index contributed by atoms with van der Waals surface area (Å²) >= 11 is 0. The Morgan fingerprint density at radius 1 is 1.03 bits per heavy atom. The molecule has 6 heteroatoms. The normalized spacial score (nSPS) is 26.1. The first-order valence-electron chi connectivity index (χ1n) is 13.0. The number of likely N-dealkylation sites (N-methyl/N-ethyl adjacent to an activating group) is 1. The van der Waals surface area contributed by atoms with Gasteiger partial charge in [-0.15, -0.1) is 0 Å². The van der Waals surface area contributed by atoms with Crippen molar-refractivity contribution in [3.8, 4) is 0 Å². The van der Waals surface area contributed by atoms with E-state index in [2.05, 4.69) is 34.5 Å². The molecule has 6 nitrogen and oxygen atoms in total. The third kappa shape index (κ3) is 3.43. The predicted molar refractivity (Wildman–Crippen MR) is 141 cm³/mol. The van der Waals surface area contributed by atoms with Crippen molar-refractivity contribution >= 4 is 28.2 Å². The monoisotopic (exact) mass is 483 g/mol. The Bertz CT molecular complexity index is 1340. The van der Waals surface area contributed by atoms with Crippen molar-refractivity contribution < 1.29 is 14.7 Å². The van der Waals surface area contributed by atoms with Crippen LogP contribution in [0.3, 0.4) is 0 Å². The van der Waals surface area contributed by atoms with Crippen LogP contribution in [0.5, 0.6) is 0 Å². The number of Topliss-reactive ketones (excluding diaryl/α,β-unsaturated/α-hetero) is 1. The van der Waals surface area contributed by atoms with Crippen LogP contribution in [0.1, 0.15) is 55.0 Å². The fourth-order valence-corrected chi connectivity index (χ4v) is 6.88. The maximum atomic E-state index is 13.9. The molecule has 0 saturated carbocycles. The van der Waals surface area contributed by atoms with Crippen molar-refractivity contribution in [2.45, 2.75) is 49.8 Å². The second-order valence-electron chi connectivity index (χ2n) is 10.7. The number of hydrogen-bond acceptors (Lipinski definition) is 5. The largest absolute Gasteiger partial charge is 0.386 e. The van der Waals surface area contributed by atoms with Crippen molar-refractivity contribution in [1.29, 1.82) is 0 Å². The molecule has 1 saturated heterocycles. The van der Waals surface area contributed by atoms with E-state index in [0.717, 1.165) is 42.7 Å². The maximum absolute atomic E-state index is 13.9. The third-order valence-electron chi connectivity index (χ3n) is 8.54. The molecule has 0 radical (unpaired) electrons. The lowest BCUT2D eigenvalue weighted by molar-refractivity contribution is -0.128. The van der Waals surface area contributed by atoms with E-state index in [1.807, 2.05) is 48.2 Å². The van der Waals surface area contributed by atoms with Gasteiger partial charge in [0.2, 0.25) is 5.91 Å². The van der Waals surface area contributed by atoms with E-state index in [0.29, 0.717) is 0 Å². The lowest BCUT2D eigenvalue weighted by atomic mass is 9.79. The molecule has 0 bridgehead atoms. The van der Waals surface area contributed by atoms with Gasteiger partial charge < -0.3 is 15.3 Å². The van der Waals surface area contributed by atoms with E-state index in [1.54, 1.807) is 7.05 Å². The molecule has 2 aliphatic heterocycles. The van der Waals surface area contributed by atoms with Crippen molar-refractivity contribution in [2.75, 3.05) is 31.6 Å². The first-order valence-corrected chi connectivity index (χ1v) is 13.0. The Morgan fingerprint density at radius 3 is 2.44 bits per heavy atom. The number of carbonyl (C=O) groups excluding carboxylic acids is 2. The van der Waals surface area contributed by atoms with Gasteiger partial charge in [0.05, 0.1) is 24.1 Å². The zero-order valence-corrected chi connectivity index (χ0v) is 20.9. The number of para-hydroxylation sites is 1. The highest BCUT2D eigenvalue weighted by Gasteiger charge is 2.51. The van der Waals surface area contributed by atoms with Crippen molar-refractivity contribution in [1.82, 2.24) is 10.2 Å². The number of aliphatic hydroxyl groups excluding tert-OH is 1. The molecule has 1 amide bonds. The fraction of sp³-hybridized carbons (Fsp3) is 0.400. The van der Waals surface area contributed by atoms with Crippen LogP contribution in [-0.4, -0.2) is 54.4 Å². The SMILES string of the molecule is CNCC(=O)CC1(C)C(=O)N(C2CCN([C@H]3c4cccc5cccc(c45)[C@@H]3O)CC2)c2ccccc21. The van der Waals surface area contributed by atoms with E-state index in [-0.39, 0.29) is 36.7 Å². The highest BCUT2D eigenvalue weighted by atomic mass is 16.3. The van der Waals surface area contributed by atoms with Crippen molar-refractivity contribution in [2.24, 2.45) is 0 Å². The van der Waals surface area contributed by atoms with E-state index >= 15 is 0 Å². The summed E-state index contributed by atoms with van der Waals surface area (Å²) in [5, 5.41) is 16.6. The summed E-state index contributed by atoms with van der Waals surface area (Å²) in [5.74, 6) is 0.0773. The van der Waals surface area contributed by atoms with Crippen LogP contribution in [0.4, 0.5) is 5.69 Å². The molecule has 3 aromatic carbocycles. The van der Waals surface area contributed by atoms with Gasteiger partial charge in [0, 0.05) is 31.2 Å². The van der Waals surface area contributed by atoms with Gasteiger partial charge in [0.15, 0.2) is 0 Å². The van der Waals surface area contributed by atoms with Gasteiger partial charge in [-0.3, -0.25) is 14.5 Å². The summed E-state index contributed by atoms with van der Waals surface area (Å²) in [6.07, 6.45) is 1.32. The van der Waals surface area contributed by atoms with Crippen LogP contribution in [-0.2, 0) is 15.0 Å². The fourth-order valence-electron chi connectivity index (χ4n) is 6.88. The number of likely N-dealkylation sites (tertiary alicyclic amines) is 1. The van der Waals surface area contributed by atoms with Gasteiger partial charge in [-0.1, -0.05) is 54.6 Å². The summed E-state index contributed by atoms with van der Waals surface area (Å²) in [4.78, 5) is 30.8. The molecule has 0 spiro atoms. The lowest BCUT2D eigenvalue weighted by Gasteiger charge is -2.41. The van der Waals surface area contributed by atoms with E-state index in [4.69, 9.17) is 0 Å². The van der Waals surface area contributed by atoms with Crippen LogP contribution < -0.4 is 10.2 Å². The average Bonchev–Trinajstić information content (AvgIpc) is 3.29. The Balaban J connectivity index is 1.24. The first kappa shape index (κ1) is 23.3. The smallest absolute Gasteiger partial charge is 0.238 e. The molecule has 6 rings (SSSR count). The van der Waals surface area contributed by atoms with E-state index in [9.17, 15) is 14.7 Å². The van der Waals surface area contributed by atoms with E-state index < -0.39 is 11.5 Å². The Kier molecular flexibility index (Phi) is 5.71. The van der Waals surface area contributed by atoms with Gasteiger partial charge in [-0.25, -0.2) is 0 Å². The average molecular weight is 484 g/mol. The lowest BCUT2D eigenvalue weighted by Crippen LogP contribution is -2.50. The standard InChI is InChI=1S/C30H33N3O3/c1-30(17-21(34)18-31-2)24-11-3-4-12-25(24)33(29(30)36)20-13-15-32(16-14-20)27-22-9-5-7-19-8-6-10-23(26(19)22)28(27)35/h3-12,20,27-28,31,35H,13-18H2,1-2H3/t27-,28-,30?/m0/s1. The maximum Gasteiger partial charge on any atom is 0.238 e. The minimum Gasteiger partial charge on any atom is -0.386 e. The van der Waals surface area contributed by atoms with Crippen LogP contribution in [0.25, 0.3) is 10.8 Å². The van der Waals surface area contributed by atoms with Crippen molar-refractivity contribution in [3.05, 3.63) is 77.4 Å². The number of anilines is 1.